The van der Waals surface area contributed by atoms with E-state index in [9.17, 15) is 8.78 Å². The van der Waals surface area contributed by atoms with Crippen LogP contribution in [0.15, 0.2) is 30.6 Å². The van der Waals surface area contributed by atoms with E-state index in [1.54, 1.807) is 30.1 Å². The highest BCUT2D eigenvalue weighted by Crippen LogP contribution is 2.48. The van der Waals surface area contributed by atoms with Crippen molar-refractivity contribution < 1.29 is 32.5 Å². The standard InChI is InChI=1S/C22H20ClF2N3O5/c1-28-6-5-17(22(24,25)9-28)32-16-8-12(29-2)7-14-18(16)21(27-10-26-14)33-19-13(23)3-4-15-20(19)31-11-30-15/h3-4,7-8,10,17H,5-6,9,11H2,1-2H3/t17-/m0/s1. The second-order valence-electron chi connectivity index (χ2n) is 7.80. The summed E-state index contributed by atoms with van der Waals surface area (Å²) in [5.41, 5.74) is 0.395. The number of ether oxygens (including phenoxy) is 5. The zero-order valence-corrected chi connectivity index (χ0v) is 18.6. The predicted octanol–water partition coefficient (Wildman–Crippen LogP) is 4.53. The highest BCUT2D eigenvalue weighted by Gasteiger charge is 2.45. The van der Waals surface area contributed by atoms with Gasteiger partial charge in [-0.3, -0.25) is 0 Å². The van der Waals surface area contributed by atoms with Gasteiger partial charge >= 0.3 is 0 Å². The number of likely N-dealkylation sites (tertiary alicyclic amines) is 1. The molecule has 2 aliphatic heterocycles. The molecule has 3 heterocycles. The molecule has 1 fully saturated rings. The van der Waals surface area contributed by atoms with Crippen LogP contribution in [0.25, 0.3) is 10.9 Å². The lowest BCUT2D eigenvalue weighted by molar-refractivity contribution is -0.134. The summed E-state index contributed by atoms with van der Waals surface area (Å²) >= 11 is 6.34. The molecule has 1 aromatic heterocycles. The molecule has 1 saturated heterocycles. The molecule has 1 atom stereocenters. The average Bonchev–Trinajstić information content (AvgIpc) is 3.26. The fourth-order valence-corrected chi connectivity index (χ4v) is 4.08. The highest BCUT2D eigenvalue weighted by atomic mass is 35.5. The molecule has 11 heteroatoms. The van der Waals surface area contributed by atoms with Gasteiger partial charge in [0.05, 0.1) is 24.2 Å². The molecule has 0 amide bonds. The second kappa shape index (κ2) is 8.35. The van der Waals surface area contributed by atoms with Crippen molar-refractivity contribution >= 4 is 22.5 Å². The number of nitrogens with zero attached hydrogens (tertiary/aromatic N) is 3. The number of aromatic nitrogens is 2. The Balaban J connectivity index is 1.59. The number of rotatable bonds is 5. The Labute approximate surface area is 192 Å². The summed E-state index contributed by atoms with van der Waals surface area (Å²) in [6.45, 7) is 0.0982. The van der Waals surface area contributed by atoms with Crippen LogP contribution in [0.3, 0.4) is 0 Å². The zero-order valence-electron chi connectivity index (χ0n) is 17.8. The van der Waals surface area contributed by atoms with E-state index in [0.29, 0.717) is 34.7 Å². The quantitative estimate of drug-likeness (QED) is 0.528. The van der Waals surface area contributed by atoms with Crippen molar-refractivity contribution in [3.05, 3.63) is 35.6 Å². The Morgan fingerprint density at radius 1 is 1.21 bits per heavy atom. The van der Waals surface area contributed by atoms with Gasteiger partial charge in [0.25, 0.3) is 5.92 Å². The van der Waals surface area contributed by atoms with E-state index in [1.807, 2.05) is 0 Å². The maximum absolute atomic E-state index is 14.7. The topological polar surface area (TPSA) is 75.2 Å². The number of halogens is 3. The molecule has 0 aliphatic carbocycles. The van der Waals surface area contributed by atoms with Crippen molar-refractivity contribution in [1.82, 2.24) is 14.9 Å². The summed E-state index contributed by atoms with van der Waals surface area (Å²) < 4.78 is 57.6. The third-order valence-electron chi connectivity index (χ3n) is 5.51. The smallest absolute Gasteiger partial charge is 0.296 e. The Morgan fingerprint density at radius 2 is 2.06 bits per heavy atom. The molecule has 33 heavy (non-hydrogen) atoms. The first-order valence-electron chi connectivity index (χ1n) is 10.2. The molecular formula is C22H20ClF2N3O5. The van der Waals surface area contributed by atoms with Crippen molar-refractivity contribution in [2.75, 3.05) is 34.0 Å². The van der Waals surface area contributed by atoms with E-state index in [-0.39, 0.29) is 35.6 Å². The summed E-state index contributed by atoms with van der Waals surface area (Å²) in [5.74, 6) is -1.47. The van der Waals surface area contributed by atoms with E-state index in [1.165, 1.54) is 19.5 Å². The molecule has 5 rings (SSSR count). The third kappa shape index (κ3) is 4.04. The van der Waals surface area contributed by atoms with Gasteiger partial charge < -0.3 is 28.6 Å². The van der Waals surface area contributed by atoms with Gasteiger partial charge in [-0.1, -0.05) is 11.6 Å². The number of alkyl halides is 2. The molecule has 0 unspecified atom stereocenters. The summed E-state index contributed by atoms with van der Waals surface area (Å²) in [4.78, 5) is 10.0. The number of fused-ring (bicyclic) bond motifs is 2. The van der Waals surface area contributed by atoms with Gasteiger partial charge in [-0.05, 0) is 19.2 Å². The van der Waals surface area contributed by atoms with Crippen molar-refractivity contribution in [1.29, 1.82) is 0 Å². The Kier molecular flexibility index (Phi) is 5.49. The molecule has 0 N–H and O–H groups in total. The van der Waals surface area contributed by atoms with Crippen LogP contribution in [-0.4, -0.2) is 60.9 Å². The van der Waals surface area contributed by atoms with Gasteiger partial charge in [0.1, 0.15) is 23.2 Å². The largest absolute Gasteiger partial charge is 0.497 e. The van der Waals surface area contributed by atoms with Gasteiger partial charge in [0.2, 0.25) is 18.4 Å². The van der Waals surface area contributed by atoms with Gasteiger partial charge in [-0.2, -0.15) is 0 Å². The minimum atomic E-state index is -3.05. The van der Waals surface area contributed by atoms with Crippen LogP contribution < -0.4 is 23.7 Å². The SMILES string of the molecule is COc1cc(O[C@H]2CCN(C)CC2(F)F)c2c(Oc3c(Cl)ccc4c3OCO4)ncnc2c1. The summed E-state index contributed by atoms with van der Waals surface area (Å²) in [6, 6.07) is 6.42. The first-order valence-corrected chi connectivity index (χ1v) is 10.6. The van der Waals surface area contributed by atoms with Crippen molar-refractivity contribution in [3.63, 3.8) is 0 Å². The molecule has 0 saturated carbocycles. The van der Waals surface area contributed by atoms with Crippen LogP contribution in [0.2, 0.25) is 5.02 Å². The minimum absolute atomic E-state index is 0.0212. The summed E-state index contributed by atoms with van der Waals surface area (Å²) in [7, 11) is 3.12. The maximum atomic E-state index is 14.7. The Morgan fingerprint density at radius 3 is 2.85 bits per heavy atom. The molecule has 8 nitrogen and oxygen atoms in total. The Bertz CT molecular complexity index is 1210. The fourth-order valence-electron chi connectivity index (χ4n) is 3.89. The average molecular weight is 480 g/mol. The van der Waals surface area contributed by atoms with Crippen LogP contribution in [-0.2, 0) is 0 Å². The fraction of sp³-hybridized carbons (Fsp3) is 0.364. The first-order chi connectivity index (χ1) is 15.9. The normalized spacial score (nSPS) is 19.5. The molecule has 0 radical (unpaired) electrons. The molecule has 2 aliphatic rings. The summed E-state index contributed by atoms with van der Waals surface area (Å²) in [6.07, 6.45) is 0.104. The van der Waals surface area contributed by atoms with Gasteiger partial charge in [0.15, 0.2) is 17.6 Å². The van der Waals surface area contributed by atoms with Crippen LogP contribution in [0.4, 0.5) is 8.78 Å². The van der Waals surface area contributed by atoms with E-state index < -0.39 is 18.6 Å². The molecule has 0 spiro atoms. The van der Waals surface area contributed by atoms with E-state index >= 15 is 0 Å². The maximum Gasteiger partial charge on any atom is 0.296 e. The van der Waals surface area contributed by atoms with Gasteiger partial charge in [-0.15, -0.1) is 0 Å². The molecule has 2 aromatic carbocycles. The van der Waals surface area contributed by atoms with Crippen molar-refractivity contribution in [3.8, 4) is 34.6 Å². The first kappa shape index (κ1) is 21.7. The van der Waals surface area contributed by atoms with Crippen LogP contribution in [0.5, 0.6) is 34.6 Å². The van der Waals surface area contributed by atoms with Crippen molar-refractivity contribution in [2.45, 2.75) is 18.4 Å². The zero-order chi connectivity index (χ0) is 23.2. The van der Waals surface area contributed by atoms with E-state index in [4.69, 9.17) is 35.3 Å². The molecule has 0 bridgehead atoms. The van der Waals surface area contributed by atoms with Crippen LogP contribution >= 0.6 is 11.6 Å². The number of methoxy groups -OCH3 is 1. The lowest BCUT2D eigenvalue weighted by Crippen LogP contribution is -2.52. The molecule has 174 valence electrons. The number of benzene rings is 2. The van der Waals surface area contributed by atoms with E-state index in [2.05, 4.69) is 9.97 Å². The Hall–Kier alpha value is -3.11. The third-order valence-corrected chi connectivity index (χ3v) is 5.81. The lowest BCUT2D eigenvalue weighted by Gasteiger charge is -2.36. The van der Waals surface area contributed by atoms with E-state index in [0.717, 1.165) is 0 Å². The van der Waals surface area contributed by atoms with Gasteiger partial charge in [-0.25, -0.2) is 18.7 Å². The number of piperidine rings is 1. The summed E-state index contributed by atoms with van der Waals surface area (Å²) in [5, 5.41) is 0.574. The number of hydrogen-bond acceptors (Lipinski definition) is 8. The lowest BCUT2D eigenvalue weighted by atomic mass is 10.0. The van der Waals surface area contributed by atoms with Crippen LogP contribution in [0, 0.1) is 0 Å². The predicted molar refractivity (Wildman–Crippen MR) is 115 cm³/mol. The molecule has 3 aromatic rings. The van der Waals surface area contributed by atoms with Gasteiger partial charge in [0, 0.05) is 25.1 Å². The second-order valence-corrected chi connectivity index (χ2v) is 8.21. The number of hydrogen-bond donors (Lipinski definition) is 0. The van der Waals surface area contributed by atoms with Crippen molar-refractivity contribution in [2.24, 2.45) is 0 Å². The molecular weight excluding hydrogens is 460 g/mol. The van der Waals surface area contributed by atoms with Crippen LogP contribution in [0.1, 0.15) is 6.42 Å². The highest BCUT2D eigenvalue weighted by molar-refractivity contribution is 6.32. The monoisotopic (exact) mass is 479 g/mol. The minimum Gasteiger partial charge on any atom is -0.497 e.